The van der Waals surface area contributed by atoms with Crippen LogP contribution in [0.4, 0.5) is 0 Å². The second-order valence-corrected chi connectivity index (χ2v) is 8.30. The largest absolute Gasteiger partial charge is 0.353 e. The van der Waals surface area contributed by atoms with Gasteiger partial charge in [0.1, 0.15) is 0 Å². The van der Waals surface area contributed by atoms with E-state index in [0.29, 0.717) is 0 Å². The molecule has 2 nitrogen and oxygen atoms in total. The van der Waals surface area contributed by atoms with E-state index in [0.717, 1.165) is 18.9 Å². The zero-order valence-electron chi connectivity index (χ0n) is 16.4. The molecule has 0 spiro atoms. The lowest BCUT2D eigenvalue weighted by atomic mass is 9.96. The Balaban J connectivity index is 1.13. The van der Waals surface area contributed by atoms with E-state index in [1.165, 1.54) is 59.6 Å². The van der Waals surface area contributed by atoms with Crippen LogP contribution in [0.25, 0.3) is 21.5 Å². The number of hydrogen-bond donors (Lipinski definition) is 0. The Morgan fingerprint density at radius 2 is 1.36 bits per heavy atom. The second kappa shape index (κ2) is 7.81. The lowest BCUT2D eigenvalue weighted by Gasteiger charge is -2.32. The lowest BCUT2D eigenvalue weighted by Crippen LogP contribution is -2.36. The smallest absolute Gasteiger partial charge is 0.0249 e. The van der Waals surface area contributed by atoms with Crippen LogP contribution in [0.3, 0.4) is 0 Å². The maximum Gasteiger partial charge on any atom is 0.0249 e. The number of piperidine rings is 1. The molecule has 0 amide bonds. The van der Waals surface area contributed by atoms with E-state index in [1.807, 2.05) is 0 Å². The molecule has 0 atom stereocenters. The highest BCUT2D eigenvalue weighted by atomic mass is 15.1. The molecule has 0 radical (unpaired) electrons. The third kappa shape index (κ3) is 3.83. The first-order valence-corrected chi connectivity index (χ1v) is 10.6. The number of fused-ring (bicyclic) bond motifs is 2. The number of hydrogen-bond acceptors (Lipinski definition) is 1. The summed E-state index contributed by atoms with van der Waals surface area (Å²) in [5, 5.41) is 5.41. The topological polar surface area (TPSA) is 8.17 Å². The molecule has 1 aliphatic rings. The van der Waals surface area contributed by atoms with Crippen LogP contribution in [-0.2, 0) is 13.0 Å². The molecule has 1 aromatic heterocycles. The Kier molecular flexibility index (Phi) is 4.88. The number of likely N-dealkylation sites (tertiary alicyclic amines) is 1. The summed E-state index contributed by atoms with van der Waals surface area (Å²) in [6.07, 6.45) is 8.39. The Labute approximate surface area is 167 Å². The van der Waals surface area contributed by atoms with Crippen LogP contribution in [-0.4, -0.2) is 29.1 Å². The van der Waals surface area contributed by atoms with Crippen molar-refractivity contribution < 1.29 is 0 Å². The molecule has 4 aromatic rings. The van der Waals surface area contributed by atoms with Crippen LogP contribution in [0.15, 0.2) is 79.1 Å². The summed E-state index contributed by atoms with van der Waals surface area (Å²) < 4.78 is 2.40. The van der Waals surface area contributed by atoms with Crippen molar-refractivity contribution >= 4 is 21.5 Å². The maximum absolute atomic E-state index is 2.65. The summed E-state index contributed by atoms with van der Waals surface area (Å²) in [5.41, 5.74) is 1.46. The molecule has 2 heterocycles. The molecule has 0 N–H and O–H groups in total. The summed E-state index contributed by atoms with van der Waals surface area (Å²) in [5.74, 6) is 0.804. The van der Waals surface area contributed by atoms with Gasteiger partial charge in [0.15, 0.2) is 0 Å². The van der Waals surface area contributed by atoms with Crippen molar-refractivity contribution in [3.63, 3.8) is 0 Å². The molecule has 0 unspecified atom stereocenters. The van der Waals surface area contributed by atoms with Crippen molar-refractivity contribution in [1.82, 2.24) is 9.47 Å². The Bertz CT molecular complexity index is 1040. The van der Waals surface area contributed by atoms with Gasteiger partial charge in [-0.15, -0.1) is 0 Å². The Morgan fingerprint density at radius 3 is 2.07 bits per heavy atom. The summed E-state index contributed by atoms with van der Waals surface area (Å²) in [6.45, 7) is 4.81. The van der Waals surface area contributed by atoms with Gasteiger partial charge < -0.3 is 9.47 Å². The van der Waals surface area contributed by atoms with E-state index in [2.05, 4.69) is 88.6 Å². The monoisotopic (exact) mass is 368 g/mol. The maximum atomic E-state index is 2.65. The molecule has 5 rings (SSSR count). The molecule has 142 valence electrons. The number of benzene rings is 3. The van der Waals surface area contributed by atoms with Gasteiger partial charge in [-0.3, -0.25) is 0 Å². The zero-order valence-corrected chi connectivity index (χ0v) is 16.4. The third-order valence-electron chi connectivity index (χ3n) is 6.31. The van der Waals surface area contributed by atoms with Crippen molar-refractivity contribution in [2.75, 3.05) is 19.6 Å². The van der Waals surface area contributed by atoms with E-state index >= 15 is 0 Å². The standard InChI is InChI=1S/C26H28N2/c1-2-6-24-17-21(9-10-23(24)5-1)11-14-27-15-12-22(13-16-27)18-28-19-25-7-3-4-8-26(25)20-28/h1-10,17,19-20,22H,11-16,18H2. The molecule has 1 saturated heterocycles. The van der Waals surface area contributed by atoms with Gasteiger partial charge in [-0.05, 0) is 65.4 Å². The summed E-state index contributed by atoms with van der Waals surface area (Å²) in [7, 11) is 0. The van der Waals surface area contributed by atoms with Crippen LogP contribution in [0.2, 0.25) is 0 Å². The van der Waals surface area contributed by atoms with Gasteiger partial charge in [0.25, 0.3) is 0 Å². The normalized spacial score (nSPS) is 16.1. The second-order valence-electron chi connectivity index (χ2n) is 8.30. The zero-order chi connectivity index (χ0) is 18.8. The number of nitrogens with zero attached hydrogens (tertiary/aromatic N) is 2. The van der Waals surface area contributed by atoms with Crippen molar-refractivity contribution in [1.29, 1.82) is 0 Å². The highest BCUT2D eigenvalue weighted by Crippen LogP contribution is 2.22. The summed E-state index contributed by atoms with van der Waals surface area (Å²) >= 11 is 0. The van der Waals surface area contributed by atoms with E-state index in [4.69, 9.17) is 0 Å². The van der Waals surface area contributed by atoms with Crippen molar-refractivity contribution in [2.24, 2.45) is 5.92 Å². The molecule has 2 heteroatoms. The van der Waals surface area contributed by atoms with Crippen LogP contribution in [0, 0.1) is 5.92 Å². The average Bonchev–Trinajstić information content (AvgIpc) is 3.15. The van der Waals surface area contributed by atoms with Crippen molar-refractivity contribution in [3.8, 4) is 0 Å². The fraction of sp³-hybridized carbons (Fsp3) is 0.308. The first-order valence-electron chi connectivity index (χ1n) is 10.6. The van der Waals surface area contributed by atoms with Crippen LogP contribution >= 0.6 is 0 Å². The number of rotatable bonds is 5. The van der Waals surface area contributed by atoms with Crippen LogP contribution in [0.5, 0.6) is 0 Å². The first kappa shape index (κ1) is 17.5. The van der Waals surface area contributed by atoms with Crippen molar-refractivity contribution in [2.45, 2.75) is 25.8 Å². The molecular formula is C26H28N2. The van der Waals surface area contributed by atoms with Crippen LogP contribution < -0.4 is 0 Å². The minimum absolute atomic E-state index is 0.804. The molecule has 28 heavy (non-hydrogen) atoms. The first-order chi connectivity index (χ1) is 13.8. The molecule has 0 bridgehead atoms. The summed E-state index contributed by atoms with van der Waals surface area (Å²) in [4.78, 5) is 2.65. The Morgan fingerprint density at radius 1 is 0.714 bits per heavy atom. The van der Waals surface area contributed by atoms with Crippen molar-refractivity contribution in [3.05, 3.63) is 84.7 Å². The van der Waals surface area contributed by atoms with Gasteiger partial charge in [0.2, 0.25) is 0 Å². The van der Waals surface area contributed by atoms with E-state index < -0.39 is 0 Å². The molecule has 3 aromatic carbocycles. The molecule has 0 aliphatic carbocycles. The predicted octanol–water partition coefficient (Wildman–Crippen LogP) is 5.75. The SMILES string of the molecule is c1ccc2cc(CCN3CCC(Cn4cc5ccccc5c4)CC3)ccc2c1. The predicted molar refractivity (Wildman–Crippen MR) is 119 cm³/mol. The van der Waals surface area contributed by atoms with Crippen LogP contribution in [0.1, 0.15) is 18.4 Å². The molecule has 1 fully saturated rings. The fourth-order valence-corrected chi connectivity index (χ4v) is 4.62. The fourth-order valence-electron chi connectivity index (χ4n) is 4.62. The molecule has 0 saturated carbocycles. The quantitative estimate of drug-likeness (QED) is 0.435. The molecular weight excluding hydrogens is 340 g/mol. The average molecular weight is 369 g/mol. The van der Waals surface area contributed by atoms with Gasteiger partial charge in [-0.2, -0.15) is 0 Å². The Hall–Kier alpha value is -2.58. The van der Waals surface area contributed by atoms with Gasteiger partial charge in [0, 0.05) is 25.5 Å². The van der Waals surface area contributed by atoms with E-state index in [1.54, 1.807) is 0 Å². The van der Waals surface area contributed by atoms with Gasteiger partial charge in [-0.25, -0.2) is 0 Å². The highest BCUT2D eigenvalue weighted by molar-refractivity contribution is 5.83. The summed E-state index contributed by atoms with van der Waals surface area (Å²) in [6, 6.07) is 24.2. The van der Waals surface area contributed by atoms with Gasteiger partial charge in [-0.1, -0.05) is 66.7 Å². The lowest BCUT2D eigenvalue weighted by molar-refractivity contribution is 0.175. The number of aromatic nitrogens is 1. The highest BCUT2D eigenvalue weighted by Gasteiger charge is 2.19. The minimum Gasteiger partial charge on any atom is -0.353 e. The van der Waals surface area contributed by atoms with Gasteiger partial charge >= 0.3 is 0 Å². The van der Waals surface area contributed by atoms with E-state index in [-0.39, 0.29) is 0 Å². The minimum atomic E-state index is 0.804. The molecule has 1 aliphatic heterocycles. The third-order valence-corrected chi connectivity index (χ3v) is 6.31. The van der Waals surface area contributed by atoms with Gasteiger partial charge in [0.05, 0.1) is 0 Å². The van der Waals surface area contributed by atoms with E-state index in [9.17, 15) is 0 Å².